The summed E-state index contributed by atoms with van der Waals surface area (Å²) >= 11 is 0. The van der Waals surface area contributed by atoms with E-state index in [0.717, 1.165) is 12.8 Å². The van der Waals surface area contributed by atoms with Crippen LogP contribution in [0.25, 0.3) is 0 Å². The van der Waals surface area contributed by atoms with E-state index in [-0.39, 0.29) is 18.0 Å². The maximum absolute atomic E-state index is 12.6. The molecule has 0 aromatic carbocycles. The van der Waals surface area contributed by atoms with E-state index in [2.05, 4.69) is 0 Å². The molecule has 4 atom stereocenters. The number of hydroxylamine groups is 2. The molecule has 0 amide bonds. The molecule has 0 spiro atoms. The van der Waals surface area contributed by atoms with Crippen molar-refractivity contribution in [3.05, 3.63) is 0 Å². The van der Waals surface area contributed by atoms with Gasteiger partial charge in [0.05, 0.1) is 11.1 Å². The van der Waals surface area contributed by atoms with Gasteiger partial charge in [-0.2, -0.15) is 0 Å². The maximum atomic E-state index is 12.6. The summed E-state index contributed by atoms with van der Waals surface area (Å²) in [7, 11) is 0. The third kappa shape index (κ3) is 2.41. The molecule has 1 fully saturated rings. The molecule has 1 aliphatic rings. The summed E-state index contributed by atoms with van der Waals surface area (Å²) in [5.74, 6) is -0.216. The second-order valence-electron chi connectivity index (χ2n) is 6.00. The average Bonchev–Trinajstić information content (AvgIpc) is 2.33. The highest BCUT2D eigenvalue weighted by atomic mass is 16.5. The highest BCUT2D eigenvalue weighted by Crippen LogP contribution is 2.45. The van der Waals surface area contributed by atoms with Crippen LogP contribution in [0.15, 0.2) is 0 Å². The third-order valence-corrected chi connectivity index (χ3v) is 4.93. The van der Waals surface area contributed by atoms with Crippen LogP contribution in [0.4, 0.5) is 0 Å². The van der Waals surface area contributed by atoms with Gasteiger partial charge in [0, 0.05) is 19.3 Å². The van der Waals surface area contributed by atoms with Gasteiger partial charge >= 0.3 is 5.97 Å². The smallest absolute Gasteiger partial charge is 0.302 e. The van der Waals surface area contributed by atoms with Crippen molar-refractivity contribution in [3.8, 4) is 0 Å². The summed E-state index contributed by atoms with van der Waals surface area (Å²) in [5.41, 5.74) is -0.916. The van der Waals surface area contributed by atoms with Crippen LogP contribution in [0.5, 0.6) is 0 Å². The first-order valence-electron chi connectivity index (χ1n) is 6.86. The van der Waals surface area contributed by atoms with E-state index in [1.807, 2.05) is 34.6 Å². The van der Waals surface area contributed by atoms with Crippen LogP contribution in [0.2, 0.25) is 0 Å². The molecule has 4 unspecified atom stereocenters. The van der Waals surface area contributed by atoms with E-state index in [1.165, 1.54) is 12.0 Å². The van der Waals surface area contributed by atoms with Gasteiger partial charge in [-0.05, 0) is 26.7 Å². The van der Waals surface area contributed by atoms with Gasteiger partial charge in [-0.25, -0.2) is 0 Å². The van der Waals surface area contributed by atoms with E-state index in [1.54, 1.807) is 0 Å². The van der Waals surface area contributed by atoms with E-state index in [4.69, 9.17) is 4.74 Å². The number of esters is 1. The molecule has 1 heterocycles. The van der Waals surface area contributed by atoms with Gasteiger partial charge in [0.1, 0.15) is 6.10 Å². The zero-order chi connectivity index (χ0) is 14.1. The Morgan fingerprint density at radius 1 is 1.33 bits per heavy atom. The molecule has 4 heteroatoms. The quantitative estimate of drug-likeness (QED) is 0.729. The lowest BCUT2D eigenvalue weighted by molar-refractivity contribution is -0.324. The van der Waals surface area contributed by atoms with Crippen molar-refractivity contribution in [2.75, 3.05) is 0 Å². The largest absolute Gasteiger partial charge is 0.462 e. The van der Waals surface area contributed by atoms with Crippen molar-refractivity contribution in [1.82, 2.24) is 5.06 Å². The fourth-order valence-corrected chi connectivity index (χ4v) is 3.01. The second kappa shape index (κ2) is 5.17. The molecule has 1 radical (unpaired) electrons. The lowest BCUT2D eigenvalue weighted by Crippen LogP contribution is -2.66. The van der Waals surface area contributed by atoms with Gasteiger partial charge in [-0.1, -0.05) is 20.8 Å². The number of carbonyl (C=O) groups is 1. The van der Waals surface area contributed by atoms with Crippen LogP contribution in [-0.4, -0.2) is 28.2 Å². The minimum atomic E-state index is -0.469. The van der Waals surface area contributed by atoms with E-state index in [9.17, 15) is 10.0 Å². The van der Waals surface area contributed by atoms with Crippen molar-refractivity contribution in [1.29, 1.82) is 0 Å². The van der Waals surface area contributed by atoms with Gasteiger partial charge in [-0.15, -0.1) is 10.3 Å². The summed E-state index contributed by atoms with van der Waals surface area (Å²) in [6, 6.07) is 0. The van der Waals surface area contributed by atoms with Gasteiger partial charge in [-0.3, -0.25) is 4.79 Å². The number of rotatable bonds is 3. The first-order chi connectivity index (χ1) is 8.21. The zero-order valence-corrected chi connectivity index (χ0v) is 12.4. The van der Waals surface area contributed by atoms with Crippen LogP contribution < -0.4 is 0 Å². The van der Waals surface area contributed by atoms with Gasteiger partial charge in [0.25, 0.3) is 0 Å². The van der Waals surface area contributed by atoms with Crippen LogP contribution in [0.1, 0.15) is 60.8 Å². The van der Waals surface area contributed by atoms with Crippen molar-refractivity contribution < 1.29 is 14.7 Å². The predicted octanol–water partition coefficient (Wildman–Crippen LogP) is 2.94. The van der Waals surface area contributed by atoms with Crippen molar-refractivity contribution in [2.24, 2.45) is 5.92 Å². The topological polar surface area (TPSA) is 49.4 Å². The number of hydrogen-bond donors (Lipinski definition) is 0. The lowest BCUT2D eigenvalue weighted by atomic mass is 9.69. The van der Waals surface area contributed by atoms with Crippen LogP contribution in [-0.2, 0) is 14.7 Å². The predicted molar refractivity (Wildman–Crippen MR) is 69.3 cm³/mol. The fraction of sp³-hybridized carbons (Fsp3) is 0.929. The first kappa shape index (κ1) is 15.4. The fourth-order valence-electron chi connectivity index (χ4n) is 3.01. The van der Waals surface area contributed by atoms with Crippen molar-refractivity contribution >= 4 is 5.97 Å². The molecule has 4 nitrogen and oxygen atoms in total. The Balaban J connectivity index is 3.09. The van der Waals surface area contributed by atoms with Gasteiger partial charge < -0.3 is 4.74 Å². The maximum Gasteiger partial charge on any atom is 0.302 e. The highest BCUT2D eigenvalue weighted by Gasteiger charge is 2.54. The molecule has 1 aliphatic heterocycles. The number of nitrogens with zero attached hydrogens (tertiary/aromatic N) is 1. The lowest BCUT2D eigenvalue weighted by Gasteiger charge is -2.55. The molecular formula is C14H26NO3. The Labute approximate surface area is 110 Å². The van der Waals surface area contributed by atoms with Crippen molar-refractivity contribution in [3.63, 3.8) is 0 Å². The standard InChI is InChI=1S/C14H26NO3/c1-7-13(5)9-12(18-11(4)16)10(3)14(6,8-2)15(13)17/h10,12H,7-9H2,1-6H3. The molecule has 0 aliphatic carbocycles. The summed E-state index contributed by atoms with van der Waals surface area (Å²) in [6.45, 7) is 11.4. The number of carbonyl (C=O) groups excluding carboxylic acids is 1. The number of hydrogen-bond acceptors (Lipinski definition) is 3. The number of piperidine rings is 1. The van der Waals surface area contributed by atoms with Crippen molar-refractivity contribution in [2.45, 2.75) is 78.0 Å². The minimum absolute atomic E-state index is 0.0449. The SMILES string of the molecule is CCC1(C)CC(OC(C)=O)C(C)C(C)(CC)N1[O]. The van der Waals surface area contributed by atoms with Gasteiger partial charge in [0.2, 0.25) is 0 Å². The molecule has 0 bridgehead atoms. The highest BCUT2D eigenvalue weighted by molar-refractivity contribution is 5.66. The Hall–Kier alpha value is -0.610. The molecule has 18 heavy (non-hydrogen) atoms. The molecule has 105 valence electrons. The number of ether oxygens (including phenoxy) is 1. The van der Waals surface area contributed by atoms with E-state index in [0.29, 0.717) is 6.42 Å². The van der Waals surface area contributed by atoms with Crippen LogP contribution in [0.3, 0.4) is 0 Å². The molecule has 1 rings (SSSR count). The molecule has 1 saturated heterocycles. The molecule has 0 N–H and O–H groups in total. The minimum Gasteiger partial charge on any atom is -0.462 e. The second-order valence-corrected chi connectivity index (χ2v) is 6.00. The Bertz CT molecular complexity index is 320. The first-order valence-corrected chi connectivity index (χ1v) is 6.86. The van der Waals surface area contributed by atoms with Gasteiger partial charge in [0.15, 0.2) is 0 Å². The monoisotopic (exact) mass is 256 g/mol. The Kier molecular flexibility index (Phi) is 4.44. The summed E-state index contributed by atoms with van der Waals surface area (Å²) in [4.78, 5) is 11.2. The van der Waals surface area contributed by atoms with Crippen LogP contribution >= 0.6 is 0 Å². The summed E-state index contributed by atoms with van der Waals surface area (Å²) < 4.78 is 5.44. The average molecular weight is 256 g/mol. The molecule has 0 aromatic rings. The van der Waals surface area contributed by atoms with E-state index >= 15 is 0 Å². The Morgan fingerprint density at radius 3 is 2.28 bits per heavy atom. The summed E-state index contributed by atoms with van der Waals surface area (Å²) in [6.07, 6.45) is 1.97. The third-order valence-electron chi connectivity index (χ3n) is 4.93. The summed E-state index contributed by atoms with van der Waals surface area (Å²) in [5, 5.41) is 13.9. The van der Waals surface area contributed by atoms with E-state index < -0.39 is 11.1 Å². The molecule has 0 aromatic heterocycles. The zero-order valence-electron chi connectivity index (χ0n) is 12.4. The molecule has 0 saturated carbocycles. The Morgan fingerprint density at radius 2 is 1.89 bits per heavy atom. The van der Waals surface area contributed by atoms with Crippen LogP contribution in [0, 0.1) is 5.92 Å². The normalized spacial score (nSPS) is 41.7. The molecular weight excluding hydrogens is 230 g/mol.